The minimum Gasteiger partial charge on any atom is -0.392 e. The van der Waals surface area contributed by atoms with E-state index in [0.29, 0.717) is 34.3 Å². The van der Waals surface area contributed by atoms with Crippen molar-refractivity contribution < 1.29 is 14.7 Å². The molecule has 2 aromatic heterocycles. The van der Waals surface area contributed by atoms with Crippen molar-refractivity contribution in [3.8, 4) is 0 Å². The van der Waals surface area contributed by atoms with Crippen molar-refractivity contribution in [2.24, 2.45) is 0 Å². The zero-order valence-corrected chi connectivity index (χ0v) is 18.7. The molecular weight excluding hydrogens is 426 g/mol. The summed E-state index contributed by atoms with van der Waals surface area (Å²) in [5, 5.41) is 13.9. The zero-order chi connectivity index (χ0) is 23.7. The number of nitrogens with one attached hydrogen (secondary N) is 1. The fourth-order valence-electron chi connectivity index (χ4n) is 4.19. The Morgan fingerprint density at radius 3 is 2.50 bits per heavy atom. The maximum absolute atomic E-state index is 13.3. The van der Waals surface area contributed by atoms with E-state index in [1.165, 1.54) is 13.1 Å². The first-order chi connectivity index (χ1) is 16.5. The minimum absolute atomic E-state index is 0.0217. The lowest BCUT2D eigenvalue weighted by Gasteiger charge is -2.12. The SMILES string of the molecule is CC(=O)c1cnc2ccccc2c1C(=O)Nc1ccc2ccn(Cc3ccc(CO)cc3)c2c1. The third kappa shape index (κ3) is 4.07. The number of aromatic nitrogens is 2. The first kappa shape index (κ1) is 21.6. The minimum atomic E-state index is -0.346. The van der Waals surface area contributed by atoms with Crippen LogP contribution >= 0.6 is 0 Å². The standard InChI is InChI=1S/C28H23N3O3/c1-18(33)24-15-29-25-5-3-2-4-23(25)27(24)28(34)30-22-11-10-21-12-13-31(26(21)14-22)16-19-6-8-20(17-32)9-7-19/h2-15,32H,16-17H2,1H3,(H,30,34). The smallest absolute Gasteiger partial charge is 0.257 e. The number of aliphatic hydroxyl groups excluding tert-OH is 1. The maximum atomic E-state index is 13.3. The van der Waals surface area contributed by atoms with Crippen molar-refractivity contribution in [1.29, 1.82) is 0 Å². The molecule has 0 saturated heterocycles. The Kier molecular flexibility index (Phi) is 5.65. The predicted molar refractivity (Wildman–Crippen MR) is 133 cm³/mol. The number of amides is 1. The third-order valence-corrected chi connectivity index (χ3v) is 5.97. The number of fused-ring (bicyclic) bond motifs is 2. The van der Waals surface area contributed by atoms with Gasteiger partial charge in [0.2, 0.25) is 0 Å². The molecule has 34 heavy (non-hydrogen) atoms. The maximum Gasteiger partial charge on any atom is 0.257 e. The molecule has 2 N–H and O–H groups in total. The molecule has 168 valence electrons. The van der Waals surface area contributed by atoms with E-state index in [2.05, 4.69) is 14.9 Å². The van der Waals surface area contributed by atoms with Gasteiger partial charge in [-0.25, -0.2) is 0 Å². The van der Waals surface area contributed by atoms with Crippen molar-refractivity contribution in [3.05, 3.63) is 107 Å². The van der Waals surface area contributed by atoms with Crippen LogP contribution in [0.3, 0.4) is 0 Å². The van der Waals surface area contributed by atoms with Gasteiger partial charge >= 0.3 is 0 Å². The number of nitrogens with zero attached hydrogens (tertiary/aromatic N) is 2. The Balaban J connectivity index is 1.48. The summed E-state index contributed by atoms with van der Waals surface area (Å²) in [6.45, 7) is 2.12. The molecule has 0 bridgehead atoms. The van der Waals surface area contributed by atoms with Crippen molar-refractivity contribution in [3.63, 3.8) is 0 Å². The van der Waals surface area contributed by atoms with Gasteiger partial charge in [0.15, 0.2) is 5.78 Å². The molecule has 6 nitrogen and oxygen atoms in total. The van der Waals surface area contributed by atoms with Crippen LogP contribution < -0.4 is 5.32 Å². The highest BCUT2D eigenvalue weighted by Crippen LogP contribution is 2.25. The number of hydrogen-bond acceptors (Lipinski definition) is 4. The quantitative estimate of drug-likeness (QED) is 0.350. The van der Waals surface area contributed by atoms with E-state index in [1.54, 1.807) is 6.07 Å². The number of carbonyl (C=O) groups excluding carboxylic acids is 2. The van der Waals surface area contributed by atoms with E-state index in [9.17, 15) is 14.7 Å². The van der Waals surface area contributed by atoms with Gasteiger partial charge in [0.1, 0.15) is 0 Å². The van der Waals surface area contributed by atoms with Crippen molar-refractivity contribution >= 4 is 39.2 Å². The van der Waals surface area contributed by atoms with Crippen LogP contribution in [0.2, 0.25) is 0 Å². The molecule has 0 aliphatic heterocycles. The Morgan fingerprint density at radius 1 is 0.971 bits per heavy atom. The first-order valence-electron chi connectivity index (χ1n) is 11.0. The highest BCUT2D eigenvalue weighted by molar-refractivity contribution is 6.18. The Hall–Kier alpha value is -4.29. The summed E-state index contributed by atoms with van der Waals surface area (Å²) >= 11 is 0. The van der Waals surface area contributed by atoms with Gasteiger partial charge in [-0.3, -0.25) is 14.6 Å². The molecular formula is C28H23N3O3. The number of carbonyl (C=O) groups is 2. The molecule has 0 saturated carbocycles. The number of benzene rings is 3. The molecule has 0 aliphatic rings. The highest BCUT2D eigenvalue weighted by atomic mass is 16.3. The van der Waals surface area contributed by atoms with Gasteiger partial charge in [-0.05, 0) is 47.7 Å². The number of Topliss-reactive ketones (excluding diaryl/α,β-unsaturated/α-hetero) is 1. The second-order valence-corrected chi connectivity index (χ2v) is 8.27. The van der Waals surface area contributed by atoms with E-state index in [1.807, 2.05) is 72.9 Å². The van der Waals surface area contributed by atoms with E-state index in [-0.39, 0.29) is 18.3 Å². The van der Waals surface area contributed by atoms with Gasteiger partial charge in [0.25, 0.3) is 5.91 Å². The summed E-state index contributed by atoms with van der Waals surface area (Å²) < 4.78 is 2.11. The number of para-hydroxylation sites is 1. The van der Waals surface area contributed by atoms with Gasteiger partial charge < -0.3 is 15.0 Å². The van der Waals surface area contributed by atoms with E-state index in [0.717, 1.165) is 22.0 Å². The molecule has 5 rings (SSSR count). The molecule has 3 aromatic carbocycles. The summed E-state index contributed by atoms with van der Waals surface area (Å²) in [5.41, 5.74) is 4.90. The molecule has 0 spiro atoms. The van der Waals surface area contributed by atoms with Crippen LogP contribution in [0, 0.1) is 0 Å². The molecule has 0 aliphatic carbocycles. The number of pyridine rings is 1. The fourth-order valence-corrected chi connectivity index (χ4v) is 4.19. The van der Waals surface area contributed by atoms with Gasteiger partial charge in [-0.15, -0.1) is 0 Å². The summed E-state index contributed by atoms with van der Waals surface area (Å²) in [6.07, 6.45) is 3.48. The normalized spacial score (nSPS) is 11.1. The van der Waals surface area contributed by atoms with Crippen LogP contribution in [-0.2, 0) is 13.2 Å². The van der Waals surface area contributed by atoms with E-state index in [4.69, 9.17) is 0 Å². The molecule has 5 aromatic rings. The molecule has 1 amide bonds. The number of anilines is 1. The number of aliphatic hydroxyl groups is 1. The number of ketones is 1. The second kappa shape index (κ2) is 8.92. The average molecular weight is 450 g/mol. The molecule has 2 heterocycles. The van der Waals surface area contributed by atoms with Gasteiger partial charge in [-0.1, -0.05) is 48.5 Å². The van der Waals surface area contributed by atoms with Crippen molar-refractivity contribution in [1.82, 2.24) is 9.55 Å². The van der Waals surface area contributed by atoms with Crippen LogP contribution in [0.15, 0.2) is 85.2 Å². The first-order valence-corrected chi connectivity index (χ1v) is 11.0. The van der Waals surface area contributed by atoms with E-state index >= 15 is 0 Å². The predicted octanol–water partition coefficient (Wildman–Crippen LogP) is 5.19. The Morgan fingerprint density at radius 2 is 1.74 bits per heavy atom. The molecule has 0 atom stereocenters. The molecule has 6 heteroatoms. The van der Waals surface area contributed by atoms with Crippen LogP contribution in [0.5, 0.6) is 0 Å². The Labute approximate surface area is 196 Å². The van der Waals surface area contributed by atoms with Crippen LogP contribution in [0.4, 0.5) is 5.69 Å². The van der Waals surface area contributed by atoms with Crippen LogP contribution in [0.25, 0.3) is 21.8 Å². The highest BCUT2D eigenvalue weighted by Gasteiger charge is 2.19. The lowest BCUT2D eigenvalue weighted by atomic mass is 10.0. The summed E-state index contributed by atoms with van der Waals surface area (Å²) in [5.74, 6) is -0.555. The molecule has 0 radical (unpaired) electrons. The van der Waals surface area contributed by atoms with Crippen LogP contribution in [-0.4, -0.2) is 26.3 Å². The third-order valence-electron chi connectivity index (χ3n) is 5.97. The number of rotatable bonds is 6. The van der Waals surface area contributed by atoms with Gasteiger partial charge in [0.05, 0.1) is 23.2 Å². The summed E-state index contributed by atoms with van der Waals surface area (Å²) in [6, 6.07) is 22.9. The topological polar surface area (TPSA) is 84.2 Å². The van der Waals surface area contributed by atoms with Crippen LogP contribution in [0.1, 0.15) is 38.8 Å². The zero-order valence-electron chi connectivity index (χ0n) is 18.7. The van der Waals surface area contributed by atoms with Gasteiger partial charge in [-0.2, -0.15) is 0 Å². The summed E-state index contributed by atoms with van der Waals surface area (Å²) in [7, 11) is 0. The van der Waals surface area contributed by atoms with Crippen molar-refractivity contribution in [2.45, 2.75) is 20.1 Å². The lowest BCUT2D eigenvalue weighted by Crippen LogP contribution is -2.17. The molecule has 0 fully saturated rings. The number of hydrogen-bond donors (Lipinski definition) is 2. The molecule has 0 unspecified atom stereocenters. The monoisotopic (exact) mass is 449 g/mol. The largest absolute Gasteiger partial charge is 0.392 e. The lowest BCUT2D eigenvalue weighted by molar-refractivity contribution is 0.0986. The summed E-state index contributed by atoms with van der Waals surface area (Å²) in [4.78, 5) is 29.9. The Bertz CT molecular complexity index is 1530. The van der Waals surface area contributed by atoms with Crippen molar-refractivity contribution in [2.75, 3.05) is 5.32 Å². The van der Waals surface area contributed by atoms with Gasteiger partial charge in [0, 0.05) is 35.6 Å². The fraction of sp³-hybridized carbons (Fsp3) is 0.107. The van der Waals surface area contributed by atoms with E-state index < -0.39 is 0 Å². The second-order valence-electron chi connectivity index (χ2n) is 8.27. The average Bonchev–Trinajstić information content (AvgIpc) is 3.25.